The molecular formula is C20H18Cl3F3N4. The molecule has 0 radical (unpaired) electrons. The zero-order valence-electron chi connectivity index (χ0n) is 15.7. The van der Waals surface area contributed by atoms with Crippen molar-refractivity contribution in [3.63, 3.8) is 0 Å². The van der Waals surface area contributed by atoms with Gasteiger partial charge in [-0.25, -0.2) is 4.98 Å². The Kier molecular flexibility index (Phi) is 6.19. The second-order valence-corrected chi connectivity index (χ2v) is 8.41. The van der Waals surface area contributed by atoms with Crippen molar-refractivity contribution in [2.45, 2.75) is 19.1 Å². The minimum absolute atomic E-state index is 0.0603. The van der Waals surface area contributed by atoms with Crippen LogP contribution in [0.4, 0.5) is 13.2 Å². The van der Waals surface area contributed by atoms with Crippen LogP contribution in [-0.4, -0.2) is 40.5 Å². The molecule has 30 heavy (non-hydrogen) atoms. The number of alkyl halides is 3. The molecule has 0 atom stereocenters. The van der Waals surface area contributed by atoms with Gasteiger partial charge in [-0.3, -0.25) is 4.90 Å². The van der Waals surface area contributed by atoms with E-state index in [0.717, 1.165) is 44.9 Å². The monoisotopic (exact) mass is 476 g/mol. The highest BCUT2D eigenvalue weighted by molar-refractivity contribution is 6.42. The molecule has 1 N–H and O–H groups in total. The van der Waals surface area contributed by atoms with E-state index < -0.39 is 11.7 Å². The van der Waals surface area contributed by atoms with Gasteiger partial charge in [-0.1, -0.05) is 40.9 Å². The molecule has 0 spiro atoms. The molecule has 1 aromatic carbocycles. The number of nitrogens with one attached hydrogen (secondary N) is 1. The lowest BCUT2D eigenvalue weighted by Gasteiger charge is -2.20. The van der Waals surface area contributed by atoms with Gasteiger partial charge in [0.15, 0.2) is 5.65 Å². The summed E-state index contributed by atoms with van der Waals surface area (Å²) in [5.74, 6) is 0. The number of imidazole rings is 1. The molecule has 0 unspecified atom stereocenters. The van der Waals surface area contributed by atoms with Crippen molar-refractivity contribution in [2.24, 2.45) is 0 Å². The SMILES string of the molecule is FC(F)(F)c1cc(Cl)c2nc(-c3ccc(Cl)c(Cl)c3)c(CN3CCCNCC3)n2c1. The van der Waals surface area contributed by atoms with E-state index in [1.807, 2.05) is 0 Å². The van der Waals surface area contributed by atoms with Crippen LogP contribution < -0.4 is 5.32 Å². The van der Waals surface area contributed by atoms with Crippen LogP contribution in [0.1, 0.15) is 17.7 Å². The van der Waals surface area contributed by atoms with E-state index in [-0.39, 0.29) is 10.7 Å². The average Bonchev–Trinajstić information content (AvgIpc) is 2.85. The first-order chi connectivity index (χ1) is 14.2. The Labute approximate surface area is 186 Å². The van der Waals surface area contributed by atoms with Crippen molar-refractivity contribution in [3.05, 3.63) is 56.8 Å². The summed E-state index contributed by atoms with van der Waals surface area (Å²) < 4.78 is 41.7. The first-order valence-corrected chi connectivity index (χ1v) is 10.5. The Hall–Kier alpha value is -1.51. The van der Waals surface area contributed by atoms with E-state index in [0.29, 0.717) is 33.5 Å². The molecule has 4 rings (SSSR count). The van der Waals surface area contributed by atoms with Crippen LogP contribution in [0.2, 0.25) is 15.1 Å². The van der Waals surface area contributed by atoms with Gasteiger partial charge < -0.3 is 9.72 Å². The number of benzene rings is 1. The number of halogens is 6. The lowest BCUT2D eigenvalue weighted by Crippen LogP contribution is -2.28. The molecule has 1 fully saturated rings. The summed E-state index contributed by atoms with van der Waals surface area (Å²) >= 11 is 18.4. The van der Waals surface area contributed by atoms with Gasteiger partial charge in [0.2, 0.25) is 0 Å². The van der Waals surface area contributed by atoms with Gasteiger partial charge in [-0.15, -0.1) is 0 Å². The molecule has 2 aromatic heterocycles. The van der Waals surface area contributed by atoms with Gasteiger partial charge in [0, 0.05) is 31.4 Å². The zero-order valence-corrected chi connectivity index (χ0v) is 18.0. The third-order valence-corrected chi connectivity index (χ3v) is 6.12. The minimum Gasteiger partial charge on any atom is -0.315 e. The first kappa shape index (κ1) is 21.7. The summed E-state index contributed by atoms with van der Waals surface area (Å²) in [5.41, 5.74) is 1.27. The van der Waals surface area contributed by atoms with E-state index >= 15 is 0 Å². The third-order valence-electron chi connectivity index (χ3n) is 5.10. The van der Waals surface area contributed by atoms with Gasteiger partial charge in [0.05, 0.1) is 32.0 Å². The topological polar surface area (TPSA) is 32.6 Å². The van der Waals surface area contributed by atoms with Crippen LogP contribution in [0.25, 0.3) is 16.9 Å². The molecule has 0 amide bonds. The van der Waals surface area contributed by atoms with E-state index in [1.165, 1.54) is 4.40 Å². The Morgan fingerprint density at radius 3 is 2.53 bits per heavy atom. The van der Waals surface area contributed by atoms with Crippen LogP contribution in [0.5, 0.6) is 0 Å². The number of nitrogens with zero attached hydrogens (tertiary/aromatic N) is 3. The van der Waals surface area contributed by atoms with Crippen molar-refractivity contribution >= 4 is 40.4 Å². The van der Waals surface area contributed by atoms with Crippen molar-refractivity contribution in [1.82, 2.24) is 19.6 Å². The predicted octanol–water partition coefficient (Wildman–Crippen LogP) is 5.78. The summed E-state index contributed by atoms with van der Waals surface area (Å²) in [6, 6.07) is 5.97. The third kappa shape index (κ3) is 4.41. The molecule has 1 saturated heterocycles. The van der Waals surface area contributed by atoms with Gasteiger partial charge in [-0.2, -0.15) is 13.2 Å². The first-order valence-electron chi connectivity index (χ1n) is 9.40. The molecule has 160 valence electrons. The quantitative estimate of drug-likeness (QED) is 0.519. The molecule has 0 aliphatic carbocycles. The number of rotatable bonds is 3. The van der Waals surface area contributed by atoms with Crippen LogP contribution in [0, 0.1) is 0 Å². The Morgan fingerprint density at radius 2 is 1.80 bits per heavy atom. The molecule has 10 heteroatoms. The number of fused-ring (bicyclic) bond motifs is 1. The van der Waals surface area contributed by atoms with Crippen LogP contribution in [-0.2, 0) is 12.7 Å². The van der Waals surface area contributed by atoms with E-state index in [9.17, 15) is 13.2 Å². The number of hydrogen-bond donors (Lipinski definition) is 1. The van der Waals surface area contributed by atoms with Gasteiger partial charge >= 0.3 is 6.18 Å². The van der Waals surface area contributed by atoms with Crippen LogP contribution >= 0.6 is 34.8 Å². The number of pyridine rings is 1. The fraction of sp³-hybridized carbons (Fsp3) is 0.350. The fourth-order valence-corrected chi connectivity index (χ4v) is 4.15. The lowest BCUT2D eigenvalue weighted by atomic mass is 10.1. The average molecular weight is 478 g/mol. The second-order valence-electron chi connectivity index (χ2n) is 7.18. The lowest BCUT2D eigenvalue weighted by molar-refractivity contribution is -0.137. The largest absolute Gasteiger partial charge is 0.417 e. The Morgan fingerprint density at radius 1 is 1.00 bits per heavy atom. The summed E-state index contributed by atoms with van der Waals surface area (Å²) in [6.45, 7) is 3.76. The molecule has 1 aliphatic heterocycles. The normalized spacial score (nSPS) is 16.2. The highest BCUT2D eigenvalue weighted by atomic mass is 35.5. The molecule has 1 aliphatic rings. The van der Waals surface area contributed by atoms with Gasteiger partial charge in [-0.05, 0) is 37.7 Å². The number of hydrogen-bond acceptors (Lipinski definition) is 3. The van der Waals surface area contributed by atoms with Gasteiger partial charge in [0.1, 0.15) is 0 Å². The van der Waals surface area contributed by atoms with E-state index in [4.69, 9.17) is 34.8 Å². The molecule has 0 saturated carbocycles. The summed E-state index contributed by atoms with van der Waals surface area (Å²) in [5, 5.41) is 4.00. The van der Waals surface area contributed by atoms with Gasteiger partial charge in [0.25, 0.3) is 0 Å². The maximum Gasteiger partial charge on any atom is 0.417 e. The fourth-order valence-electron chi connectivity index (χ4n) is 3.60. The van der Waals surface area contributed by atoms with Crippen molar-refractivity contribution < 1.29 is 13.2 Å². The summed E-state index contributed by atoms with van der Waals surface area (Å²) in [6.07, 6.45) is -2.51. The van der Waals surface area contributed by atoms with Crippen molar-refractivity contribution in [2.75, 3.05) is 26.2 Å². The maximum absolute atomic E-state index is 13.4. The Balaban J connectivity index is 1.90. The molecule has 3 aromatic rings. The highest BCUT2D eigenvalue weighted by Crippen LogP contribution is 2.36. The standard InChI is InChI=1S/C20H18Cl3F3N4/c21-14-3-2-12(8-15(14)22)18-17(11-29-6-1-4-27-5-7-29)30-10-13(20(24,25)26)9-16(23)19(30)28-18/h2-3,8-10,27H,1,4-7,11H2. The summed E-state index contributed by atoms with van der Waals surface area (Å²) in [7, 11) is 0. The predicted molar refractivity (Wildman–Crippen MR) is 113 cm³/mol. The van der Waals surface area contributed by atoms with E-state index in [2.05, 4.69) is 15.2 Å². The maximum atomic E-state index is 13.4. The number of aromatic nitrogens is 2. The van der Waals surface area contributed by atoms with Crippen molar-refractivity contribution in [1.29, 1.82) is 0 Å². The molecule has 0 bridgehead atoms. The van der Waals surface area contributed by atoms with Crippen LogP contribution in [0.15, 0.2) is 30.5 Å². The summed E-state index contributed by atoms with van der Waals surface area (Å²) in [4.78, 5) is 6.78. The minimum atomic E-state index is -4.52. The zero-order chi connectivity index (χ0) is 21.5. The van der Waals surface area contributed by atoms with Crippen LogP contribution in [0.3, 0.4) is 0 Å². The smallest absolute Gasteiger partial charge is 0.315 e. The Bertz CT molecular complexity index is 1070. The van der Waals surface area contributed by atoms with Crippen molar-refractivity contribution in [3.8, 4) is 11.3 Å². The van der Waals surface area contributed by atoms with E-state index in [1.54, 1.807) is 18.2 Å². The highest BCUT2D eigenvalue weighted by Gasteiger charge is 2.33. The second kappa shape index (κ2) is 8.55. The molecule has 3 heterocycles. The molecule has 4 nitrogen and oxygen atoms in total. The molecular weight excluding hydrogens is 460 g/mol.